The van der Waals surface area contributed by atoms with Gasteiger partial charge in [0.2, 0.25) is 11.9 Å². The normalized spacial score (nSPS) is 18.6. The predicted molar refractivity (Wildman–Crippen MR) is 132 cm³/mol. The van der Waals surface area contributed by atoms with Crippen molar-refractivity contribution in [1.82, 2.24) is 15.3 Å². The molecule has 2 aromatic carbocycles. The summed E-state index contributed by atoms with van der Waals surface area (Å²) in [5.41, 5.74) is 1.77. The number of hydrogen-bond acceptors (Lipinski definition) is 5. The summed E-state index contributed by atoms with van der Waals surface area (Å²) in [6.07, 6.45) is 7.04. The third kappa shape index (κ3) is 5.37. The van der Waals surface area contributed by atoms with Gasteiger partial charge in [-0.3, -0.25) is 4.79 Å². The Morgan fingerprint density at radius 2 is 1.69 bits per heavy atom. The molecule has 1 aliphatic carbocycles. The Morgan fingerprint density at radius 1 is 1.00 bits per heavy atom. The number of amides is 1. The largest absolute Gasteiger partial charge is 0.362 e. The molecular formula is C25H28ClN5O. The highest BCUT2D eigenvalue weighted by molar-refractivity contribution is 6.32. The summed E-state index contributed by atoms with van der Waals surface area (Å²) in [6, 6.07) is 16.0. The van der Waals surface area contributed by atoms with Crippen LogP contribution in [0, 0.1) is 0 Å². The lowest BCUT2D eigenvalue weighted by Crippen LogP contribution is -2.39. The Bertz CT molecular complexity index is 1120. The molecule has 1 saturated carbocycles. The number of anilines is 2. The number of fused-ring (bicyclic) bond motifs is 1. The van der Waals surface area contributed by atoms with Gasteiger partial charge < -0.3 is 15.5 Å². The van der Waals surface area contributed by atoms with E-state index in [9.17, 15) is 4.79 Å². The maximum atomic E-state index is 12.3. The second-order valence-electron chi connectivity index (χ2n) is 8.34. The molecule has 0 bridgehead atoms. The molecule has 1 aromatic heterocycles. The van der Waals surface area contributed by atoms with Gasteiger partial charge in [0.05, 0.1) is 5.52 Å². The number of rotatable bonds is 6. The van der Waals surface area contributed by atoms with Crippen molar-refractivity contribution >= 4 is 46.3 Å². The third-order valence-corrected chi connectivity index (χ3v) is 6.08. The van der Waals surface area contributed by atoms with E-state index in [-0.39, 0.29) is 18.0 Å². The van der Waals surface area contributed by atoms with Gasteiger partial charge in [-0.1, -0.05) is 41.9 Å². The average Bonchev–Trinajstić information content (AvgIpc) is 2.79. The molecule has 1 heterocycles. The molecule has 0 radical (unpaired) electrons. The van der Waals surface area contributed by atoms with E-state index in [1.165, 1.54) is 0 Å². The molecule has 0 aliphatic heterocycles. The summed E-state index contributed by atoms with van der Waals surface area (Å²) in [4.78, 5) is 23.8. The van der Waals surface area contributed by atoms with E-state index in [1.807, 2.05) is 67.5 Å². The van der Waals surface area contributed by atoms with Crippen LogP contribution >= 0.6 is 11.6 Å². The smallest absolute Gasteiger partial charge is 0.244 e. The number of hydrogen-bond donors (Lipinski definition) is 2. The second kappa shape index (κ2) is 10.0. The molecule has 0 atom stereocenters. The van der Waals surface area contributed by atoms with E-state index in [2.05, 4.69) is 10.6 Å². The van der Waals surface area contributed by atoms with Crippen LogP contribution in [0.1, 0.15) is 31.2 Å². The number of benzene rings is 2. The minimum Gasteiger partial charge on any atom is -0.362 e. The fourth-order valence-corrected chi connectivity index (χ4v) is 4.25. The van der Waals surface area contributed by atoms with Crippen molar-refractivity contribution in [2.75, 3.05) is 24.3 Å². The van der Waals surface area contributed by atoms with Crippen LogP contribution in [0.3, 0.4) is 0 Å². The summed E-state index contributed by atoms with van der Waals surface area (Å²) in [5.74, 6) is 1.47. The van der Waals surface area contributed by atoms with Crippen molar-refractivity contribution < 1.29 is 4.79 Å². The number of carbonyl (C=O) groups is 1. The number of carbonyl (C=O) groups excluding carboxylic acids is 1. The molecular weight excluding hydrogens is 422 g/mol. The van der Waals surface area contributed by atoms with Gasteiger partial charge in [-0.05, 0) is 55.5 Å². The Balaban J connectivity index is 1.32. The molecule has 7 heteroatoms. The molecule has 6 nitrogen and oxygen atoms in total. The van der Waals surface area contributed by atoms with E-state index >= 15 is 0 Å². The minimum atomic E-state index is -0.0881. The Morgan fingerprint density at radius 3 is 2.44 bits per heavy atom. The monoisotopic (exact) mass is 449 g/mol. The second-order valence-corrected chi connectivity index (χ2v) is 8.75. The number of para-hydroxylation sites is 1. The van der Waals surface area contributed by atoms with Gasteiger partial charge in [-0.25, -0.2) is 4.98 Å². The minimum absolute atomic E-state index is 0.0881. The molecule has 4 rings (SSSR count). The topological polar surface area (TPSA) is 70.2 Å². The first-order chi connectivity index (χ1) is 15.5. The van der Waals surface area contributed by atoms with Gasteiger partial charge >= 0.3 is 0 Å². The van der Waals surface area contributed by atoms with Gasteiger partial charge in [0.25, 0.3) is 0 Å². The van der Waals surface area contributed by atoms with Crippen LogP contribution in [0.15, 0.2) is 54.6 Å². The summed E-state index contributed by atoms with van der Waals surface area (Å²) < 4.78 is 0. The van der Waals surface area contributed by atoms with Crippen molar-refractivity contribution in [3.63, 3.8) is 0 Å². The lowest BCUT2D eigenvalue weighted by atomic mass is 9.91. The predicted octanol–water partition coefficient (Wildman–Crippen LogP) is 4.90. The number of halogens is 1. The van der Waals surface area contributed by atoms with Crippen LogP contribution in [-0.2, 0) is 4.79 Å². The average molecular weight is 450 g/mol. The van der Waals surface area contributed by atoms with E-state index in [0.717, 1.165) is 48.0 Å². The van der Waals surface area contributed by atoms with Crippen LogP contribution in [0.4, 0.5) is 11.8 Å². The van der Waals surface area contributed by atoms with Crippen molar-refractivity contribution in [1.29, 1.82) is 0 Å². The molecule has 0 spiro atoms. The zero-order valence-electron chi connectivity index (χ0n) is 18.4. The summed E-state index contributed by atoms with van der Waals surface area (Å²) in [5, 5.41) is 8.29. The molecule has 166 valence electrons. The molecule has 3 aromatic rings. The Labute approximate surface area is 193 Å². The molecule has 0 unspecified atom stereocenters. The molecule has 2 N–H and O–H groups in total. The summed E-state index contributed by atoms with van der Waals surface area (Å²) in [6.45, 7) is 0. The SMILES string of the molecule is CN(C)c1nc(NC2CCC(NC(=O)C=Cc3ccccc3Cl)CC2)nc2ccccc12. The van der Waals surface area contributed by atoms with Crippen molar-refractivity contribution in [3.8, 4) is 0 Å². The Hall–Kier alpha value is -3.12. The number of nitrogens with one attached hydrogen (secondary N) is 2. The quantitative estimate of drug-likeness (QED) is 0.523. The summed E-state index contributed by atoms with van der Waals surface area (Å²) >= 11 is 6.14. The highest BCUT2D eigenvalue weighted by Gasteiger charge is 2.23. The van der Waals surface area contributed by atoms with E-state index in [0.29, 0.717) is 11.0 Å². The van der Waals surface area contributed by atoms with Crippen LogP contribution in [0.2, 0.25) is 5.02 Å². The van der Waals surface area contributed by atoms with Gasteiger partial charge in [0.1, 0.15) is 5.82 Å². The lowest BCUT2D eigenvalue weighted by molar-refractivity contribution is -0.117. The van der Waals surface area contributed by atoms with E-state index in [1.54, 1.807) is 12.2 Å². The van der Waals surface area contributed by atoms with Gasteiger partial charge in [0, 0.05) is 42.7 Å². The van der Waals surface area contributed by atoms with Crippen molar-refractivity contribution in [2.24, 2.45) is 0 Å². The van der Waals surface area contributed by atoms with Crippen molar-refractivity contribution in [2.45, 2.75) is 37.8 Å². The lowest BCUT2D eigenvalue weighted by Gasteiger charge is -2.29. The number of aromatic nitrogens is 2. The van der Waals surface area contributed by atoms with Crippen LogP contribution < -0.4 is 15.5 Å². The first-order valence-electron chi connectivity index (χ1n) is 10.9. The molecule has 32 heavy (non-hydrogen) atoms. The molecule has 0 saturated heterocycles. The highest BCUT2D eigenvalue weighted by Crippen LogP contribution is 2.26. The number of nitrogens with zero attached hydrogens (tertiary/aromatic N) is 3. The summed E-state index contributed by atoms with van der Waals surface area (Å²) in [7, 11) is 3.99. The highest BCUT2D eigenvalue weighted by atomic mass is 35.5. The zero-order chi connectivity index (χ0) is 22.5. The standard InChI is InChI=1S/C25H28ClN5O/c1-31(2)24-20-8-4-6-10-22(20)29-25(30-24)28-19-14-12-18(13-15-19)27-23(32)16-11-17-7-3-5-9-21(17)26/h3-11,16,18-19H,12-15H2,1-2H3,(H,27,32)(H,28,29,30). The maximum absolute atomic E-state index is 12.3. The van der Waals surface area contributed by atoms with Crippen molar-refractivity contribution in [3.05, 3.63) is 65.2 Å². The van der Waals surface area contributed by atoms with E-state index in [4.69, 9.17) is 21.6 Å². The molecule has 1 aliphatic rings. The molecule has 1 amide bonds. The van der Waals surface area contributed by atoms with Crippen LogP contribution in [-0.4, -0.2) is 42.1 Å². The van der Waals surface area contributed by atoms with Gasteiger partial charge in [0.15, 0.2) is 0 Å². The molecule has 1 fully saturated rings. The fourth-order valence-electron chi connectivity index (χ4n) is 4.05. The fraction of sp³-hybridized carbons (Fsp3) is 0.320. The van der Waals surface area contributed by atoms with Gasteiger partial charge in [-0.2, -0.15) is 4.98 Å². The first-order valence-corrected chi connectivity index (χ1v) is 11.3. The zero-order valence-corrected chi connectivity index (χ0v) is 19.1. The van der Waals surface area contributed by atoms with Gasteiger partial charge in [-0.15, -0.1) is 0 Å². The Kier molecular flexibility index (Phi) is 6.90. The van der Waals surface area contributed by atoms with E-state index < -0.39 is 0 Å². The van der Waals surface area contributed by atoms with Crippen LogP contribution in [0.25, 0.3) is 17.0 Å². The van der Waals surface area contributed by atoms with Crippen LogP contribution in [0.5, 0.6) is 0 Å². The first kappa shape index (κ1) is 22.1. The third-order valence-electron chi connectivity index (χ3n) is 5.73. The maximum Gasteiger partial charge on any atom is 0.244 e.